The fourth-order valence-electron chi connectivity index (χ4n) is 2.93. The molecule has 0 bridgehead atoms. The fourth-order valence-corrected chi connectivity index (χ4v) is 2.93. The Hall–Kier alpha value is -2.10. The molecule has 0 unspecified atom stereocenters. The van der Waals surface area contributed by atoms with Crippen LogP contribution >= 0.6 is 0 Å². The van der Waals surface area contributed by atoms with Crippen LogP contribution in [-0.4, -0.2) is 22.5 Å². The van der Waals surface area contributed by atoms with E-state index in [1.807, 2.05) is 6.92 Å². The van der Waals surface area contributed by atoms with E-state index in [9.17, 15) is 4.79 Å². The van der Waals surface area contributed by atoms with Crippen molar-refractivity contribution >= 4 is 17.0 Å². The highest BCUT2D eigenvalue weighted by molar-refractivity contribution is 5.87. The van der Waals surface area contributed by atoms with Gasteiger partial charge in [0.05, 0.1) is 12.1 Å². The molecule has 0 radical (unpaired) electrons. The largest absolute Gasteiger partial charge is 0.416 e. The maximum Gasteiger partial charge on any atom is 0.416 e. The smallest absolute Gasteiger partial charge is 0.391 e. The zero-order valence-corrected chi connectivity index (χ0v) is 12.3. The van der Waals surface area contributed by atoms with Crippen LogP contribution in [-0.2, 0) is 6.54 Å². The normalized spacial score (nSPS) is 17.8. The van der Waals surface area contributed by atoms with Gasteiger partial charge in [0.1, 0.15) is 0 Å². The molecule has 1 aliphatic heterocycles. The molecule has 2 aliphatic rings. The number of ether oxygens (including phenoxy) is 1. The Bertz CT molecular complexity index is 750. The summed E-state index contributed by atoms with van der Waals surface area (Å²) in [7, 11) is 0. The number of aromatic nitrogens is 1. The van der Waals surface area contributed by atoms with Gasteiger partial charge in [-0.2, -0.15) is 0 Å². The number of aryl methyl sites for hydroxylation is 2. The third-order valence-corrected chi connectivity index (χ3v) is 4.42. The van der Waals surface area contributed by atoms with Crippen molar-refractivity contribution in [1.29, 1.82) is 0 Å². The molecule has 1 fully saturated rings. The predicted octanol–water partition coefficient (Wildman–Crippen LogP) is 3.58. The molecule has 2 heterocycles. The zero-order chi connectivity index (χ0) is 14.6. The summed E-state index contributed by atoms with van der Waals surface area (Å²) in [5.41, 5.74) is 4.25. The van der Waals surface area contributed by atoms with Crippen molar-refractivity contribution in [3.05, 3.63) is 34.9 Å². The predicted molar refractivity (Wildman–Crippen MR) is 80.4 cm³/mol. The Kier molecular flexibility index (Phi) is 2.67. The van der Waals surface area contributed by atoms with Crippen molar-refractivity contribution in [2.75, 3.05) is 6.54 Å². The number of pyridine rings is 1. The summed E-state index contributed by atoms with van der Waals surface area (Å²) < 4.78 is 5.45. The first-order valence-electron chi connectivity index (χ1n) is 7.48. The lowest BCUT2D eigenvalue weighted by Crippen LogP contribution is -2.38. The number of carbonyl (C=O) groups is 1. The zero-order valence-electron chi connectivity index (χ0n) is 12.3. The van der Waals surface area contributed by atoms with Gasteiger partial charge in [-0.3, -0.25) is 0 Å². The molecule has 0 saturated heterocycles. The first-order chi connectivity index (χ1) is 10.1. The van der Waals surface area contributed by atoms with Crippen LogP contribution in [0, 0.1) is 19.8 Å². The summed E-state index contributed by atoms with van der Waals surface area (Å²) in [6.07, 6.45) is 2.20. The second-order valence-corrected chi connectivity index (χ2v) is 6.24. The lowest BCUT2D eigenvalue weighted by Gasteiger charge is -2.27. The molecular weight excluding hydrogens is 264 g/mol. The Balaban J connectivity index is 1.78. The minimum absolute atomic E-state index is 0.258. The van der Waals surface area contributed by atoms with Gasteiger partial charge in [0.15, 0.2) is 0 Å². The molecule has 108 valence electrons. The number of fused-ring (bicyclic) bond motifs is 2. The second kappa shape index (κ2) is 4.45. The van der Waals surface area contributed by atoms with Crippen LogP contribution in [0.3, 0.4) is 0 Å². The molecule has 0 spiro atoms. The van der Waals surface area contributed by atoms with E-state index in [0.29, 0.717) is 18.3 Å². The molecular formula is C17H18N2O2. The van der Waals surface area contributed by atoms with Crippen molar-refractivity contribution in [3.8, 4) is 5.88 Å². The van der Waals surface area contributed by atoms with Crippen LogP contribution in [0.2, 0.25) is 0 Å². The maximum atomic E-state index is 12.1. The Morgan fingerprint density at radius 3 is 2.81 bits per heavy atom. The van der Waals surface area contributed by atoms with E-state index in [-0.39, 0.29) is 6.09 Å². The third kappa shape index (κ3) is 2.15. The number of carbonyl (C=O) groups excluding carboxylic acids is 1. The number of amides is 1. The van der Waals surface area contributed by atoms with Crippen LogP contribution in [0.4, 0.5) is 4.79 Å². The van der Waals surface area contributed by atoms with Crippen LogP contribution in [0.5, 0.6) is 5.88 Å². The molecule has 2 aromatic rings. The van der Waals surface area contributed by atoms with Gasteiger partial charge >= 0.3 is 6.09 Å². The van der Waals surface area contributed by atoms with Crippen molar-refractivity contribution in [2.45, 2.75) is 33.2 Å². The molecule has 1 aromatic heterocycles. The molecule has 0 atom stereocenters. The van der Waals surface area contributed by atoms with Gasteiger partial charge in [-0.15, -0.1) is 0 Å². The number of hydrogen-bond acceptors (Lipinski definition) is 3. The average Bonchev–Trinajstić information content (AvgIpc) is 3.27. The summed E-state index contributed by atoms with van der Waals surface area (Å²) >= 11 is 0. The van der Waals surface area contributed by atoms with E-state index in [4.69, 9.17) is 4.74 Å². The fraction of sp³-hybridized carbons (Fsp3) is 0.412. The number of benzene rings is 1. The Labute approximate surface area is 123 Å². The highest BCUT2D eigenvalue weighted by Gasteiger charge is 2.32. The van der Waals surface area contributed by atoms with Gasteiger partial charge < -0.3 is 9.64 Å². The minimum atomic E-state index is -0.258. The van der Waals surface area contributed by atoms with E-state index >= 15 is 0 Å². The van der Waals surface area contributed by atoms with Crippen LogP contribution in [0.15, 0.2) is 18.2 Å². The molecule has 4 heteroatoms. The first-order valence-corrected chi connectivity index (χ1v) is 7.48. The highest BCUT2D eigenvalue weighted by Crippen LogP contribution is 2.34. The highest BCUT2D eigenvalue weighted by atomic mass is 16.6. The van der Waals surface area contributed by atoms with E-state index < -0.39 is 0 Å². The Morgan fingerprint density at radius 1 is 1.29 bits per heavy atom. The van der Waals surface area contributed by atoms with Crippen molar-refractivity contribution in [2.24, 2.45) is 5.92 Å². The molecule has 1 aliphatic carbocycles. The number of rotatable bonds is 2. The molecule has 1 amide bonds. The lowest BCUT2D eigenvalue weighted by molar-refractivity contribution is 0.133. The SMILES string of the molecule is Cc1ccc(C)c2nc3c(cc12)CN(CC1CC1)C(=O)O3. The van der Waals surface area contributed by atoms with Gasteiger partial charge in [0, 0.05) is 17.5 Å². The van der Waals surface area contributed by atoms with Crippen molar-refractivity contribution < 1.29 is 9.53 Å². The van der Waals surface area contributed by atoms with E-state index in [0.717, 1.165) is 28.6 Å². The maximum absolute atomic E-state index is 12.1. The molecule has 4 nitrogen and oxygen atoms in total. The summed E-state index contributed by atoms with van der Waals surface area (Å²) in [5.74, 6) is 1.14. The molecule has 4 rings (SSSR count). The van der Waals surface area contributed by atoms with Gasteiger partial charge in [0.2, 0.25) is 5.88 Å². The van der Waals surface area contributed by atoms with E-state index in [2.05, 4.69) is 30.1 Å². The number of nitrogens with zero attached hydrogens (tertiary/aromatic N) is 2. The average molecular weight is 282 g/mol. The third-order valence-electron chi connectivity index (χ3n) is 4.42. The summed E-state index contributed by atoms with van der Waals surface area (Å²) in [5, 5.41) is 1.15. The van der Waals surface area contributed by atoms with Crippen molar-refractivity contribution in [3.63, 3.8) is 0 Å². The van der Waals surface area contributed by atoms with Crippen LogP contribution in [0.25, 0.3) is 10.9 Å². The Morgan fingerprint density at radius 2 is 2.05 bits per heavy atom. The molecule has 1 aromatic carbocycles. The summed E-state index contributed by atoms with van der Waals surface area (Å²) in [6, 6.07) is 6.30. The first kappa shape index (κ1) is 12.6. The second-order valence-electron chi connectivity index (χ2n) is 6.24. The van der Waals surface area contributed by atoms with Gasteiger partial charge in [-0.05, 0) is 49.8 Å². The monoisotopic (exact) mass is 282 g/mol. The van der Waals surface area contributed by atoms with E-state index in [1.54, 1.807) is 4.90 Å². The van der Waals surface area contributed by atoms with Gasteiger partial charge in [-0.1, -0.05) is 12.1 Å². The minimum Gasteiger partial charge on any atom is -0.391 e. The van der Waals surface area contributed by atoms with Crippen LogP contribution in [0.1, 0.15) is 29.5 Å². The standard InChI is InChI=1S/C17H18N2O2/c1-10-3-4-11(2)15-14(10)7-13-9-19(8-12-5-6-12)17(20)21-16(13)18-15/h3-4,7,12H,5-6,8-9H2,1-2H3. The lowest BCUT2D eigenvalue weighted by atomic mass is 10.0. The topological polar surface area (TPSA) is 42.4 Å². The van der Waals surface area contributed by atoms with Crippen LogP contribution < -0.4 is 4.74 Å². The van der Waals surface area contributed by atoms with Gasteiger partial charge in [0.25, 0.3) is 0 Å². The molecule has 0 N–H and O–H groups in total. The van der Waals surface area contributed by atoms with Gasteiger partial charge in [-0.25, -0.2) is 9.78 Å². The number of hydrogen-bond donors (Lipinski definition) is 0. The molecule has 21 heavy (non-hydrogen) atoms. The summed E-state index contributed by atoms with van der Waals surface area (Å²) in [6.45, 7) is 5.54. The van der Waals surface area contributed by atoms with E-state index in [1.165, 1.54) is 18.4 Å². The summed E-state index contributed by atoms with van der Waals surface area (Å²) in [4.78, 5) is 18.5. The quantitative estimate of drug-likeness (QED) is 0.845. The van der Waals surface area contributed by atoms with Crippen molar-refractivity contribution in [1.82, 2.24) is 9.88 Å². The molecule has 1 saturated carbocycles.